The third kappa shape index (κ3) is 6.22. The topological polar surface area (TPSA) is 98.5 Å². The molecule has 0 spiro atoms. The summed E-state index contributed by atoms with van der Waals surface area (Å²) in [5.74, 6) is -0.696. The lowest BCUT2D eigenvalue weighted by Gasteiger charge is -2.19. The van der Waals surface area contributed by atoms with Gasteiger partial charge < -0.3 is 10.1 Å². The molecule has 0 saturated heterocycles. The van der Waals surface area contributed by atoms with Crippen LogP contribution in [0.4, 0.5) is 5.69 Å². The second-order valence-corrected chi connectivity index (χ2v) is 6.55. The number of ether oxygens (including phenoxy) is 1. The molecule has 27 heavy (non-hydrogen) atoms. The first-order valence-corrected chi connectivity index (χ1v) is 8.62. The lowest BCUT2D eigenvalue weighted by atomic mass is 10.0. The number of hydrogen-bond acceptors (Lipinski definition) is 5. The van der Waals surface area contributed by atoms with Crippen LogP contribution in [0.5, 0.6) is 0 Å². The molecule has 0 unspecified atom stereocenters. The highest BCUT2D eigenvalue weighted by molar-refractivity contribution is 5.96. The summed E-state index contributed by atoms with van der Waals surface area (Å²) >= 11 is 0. The molecule has 0 aromatic heterocycles. The number of amides is 1. The van der Waals surface area contributed by atoms with E-state index in [-0.39, 0.29) is 24.1 Å². The first-order chi connectivity index (χ1) is 12.9. The normalized spacial score (nSPS) is 11.7. The zero-order valence-corrected chi connectivity index (χ0v) is 15.3. The number of rotatable bonds is 8. The Morgan fingerprint density at radius 3 is 2.26 bits per heavy atom. The average molecular weight is 370 g/mol. The largest absolute Gasteiger partial charge is 0.459 e. The van der Waals surface area contributed by atoms with E-state index in [1.54, 1.807) is 30.3 Å². The van der Waals surface area contributed by atoms with E-state index < -0.39 is 16.9 Å². The van der Waals surface area contributed by atoms with Crippen molar-refractivity contribution in [3.05, 3.63) is 75.8 Å². The van der Waals surface area contributed by atoms with Crippen molar-refractivity contribution < 1.29 is 19.2 Å². The van der Waals surface area contributed by atoms with Gasteiger partial charge in [0.1, 0.15) is 12.6 Å². The van der Waals surface area contributed by atoms with Gasteiger partial charge in [0.15, 0.2) is 0 Å². The quantitative estimate of drug-likeness (QED) is 0.436. The van der Waals surface area contributed by atoms with Crippen LogP contribution in [-0.4, -0.2) is 22.8 Å². The molecule has 0 aliphatic heterocycles. The molecular weight excluding hydrogens is 348 g/mol. The summed E-state index contributed by atoms with van der Waals surface area (Å²) in [5, 5.41) is 13.4. The Morgan fingerprint density at radius 1 is 1.07 bits per heavy atom. The van der Waals surface area contributed by atoms with Gasteiger partial charge >= 0.3 is 5.97 Å². The van der Waals surface area contributed by atoms with Crippen LogP contribution in [-0.2, 0) is 16.1 Å². The summed E-state index contributed by atoms with van der Waals surface area (Å²) in [6.07, 6.45) is 0.442. The number of non-ortho nitro benzene ring substituents is 1. The van der Waals surface area contributed by atoms with Crippen molar-refractivity contribution in [2.24, 2.45) is 5.92 Å². The molecular formula is C20H22N2O5. The number of hydrogen-bond donors (Lipinski definition) is 1. The molecule has 0 radical (unpaired) electrons. The minimum atomic E-state index is -0.768. The van der Waals surface area contributed by atoms with Crippen LogP contribution in [0.2, 0.25) is 0 Å². The van der Waals surface area contributed by atoms with Gasteiger partial charge in [0.2, 0.25) is 0 Å². The second-order valence-electron chi connectivity index (χ2n) is 6.55. The minimum Gasteiger partial charge on any atom is -0.459 e. The molecule has 0 fully saturated rings. The highest BCUT2D eigenvalue weighted by Gasteiger charge is 2.24. The lowest BCUT2D eigenvalue weighted by Crippen LogP contribution is -2.42. The van der Waals surface area contributed by atoms with Gasteiger partial charge in [0.05, 0.1) is 4.92 Å². The fourth-order valence-electron chi connectivity index (χ4n) is 2.49. The van der Waals surface area contributed by atoms with E-state index in [4.69, 9.17) is 4.74 Å². The smallest absolute Gasteiger partial charge is 0.328 e. The number of carbonyl (C=O) groups excluding carboxylic acids is 2. The number of nitro groups is 1. The number of esters is 1. The molecule has 2 aromatic rings. The predicted octanol–water partition coefficient (Wildman–Crippen LogP) is 3.48. The summed E-state index contributed by atoms with van der Waals surface area (Å²) in [6, 6.07) is 13.7. The van der Waals surface area contributed by atoms with Crippen LogP contribution in [0.3, 0.4) is 0 Å². The molecule has 0 bridgehead atoms. The van der Waals surface area contributed by atoms with E-state index >= 15 is 0 Å². The third-order valence-corrected chi connectivity index (χ3v) is 3.86. The Labute approximate surface area is 157 Å². The first-order valence-electron chi connectivity index (χ1n) is 8.62. The molecule has 2 aromatic carbocycles. The predicted molar refractivity (Wildman–Crippen MR) is 100 cm³/mol. The van der Waals surface area contributed by atoms with Crippen molar-refractivity contribution in [1.82, 2.24) is 5.32 Å². The van der Waals surface area contributed by atoms with Crippen molar-refractivity contribution in [2.75, 3.05) is 0 Å². The van der Waals surface area contributed by atoms with Crippen molar-refractivity contribution in [3.8, 4) is 0 Å². The highest BCUT2D eigenvalue weighted by atomic mass is 16.6. The average Bonchev–Trinajstić information content (AvgIpc) is 2.66. The fraction of sp³-hybridized carbons (Fsp3) is 0.300. The molecule has 0 aliphatic carbocycles. The van der Waals surface area contributed by atoms with Crippen molar-refractivity contribution in [2.45, 2.75) is 32.9 Å². The van der Waals surface area contributed by atoms with E-state index in [2.05, 4.69) is 5.32 Å². The van der Waals surface area contributed by atoms with Crippen LogP contribution in [0.1, 0.15) is 36.2 Å². The molecule has 1 amide bonds. The SMILES string of the molecule is CC(C)C[C@H](NC(=O)c1ccccc1)C(=O)OCc1ccc([N+](=O)[O-])cc1. The molecule has 7 heteroatoms. The highest BCUT2D eigenvalue weighted by Crippen LogP contribution is 2.14. The van der Waals surface area contributed by atoms with Gasteiger partial charge in [0, 0.05) is 17.7 Å². The van der Waals surface area contributed by atoms with Gasteiger partial charge in [0.25, 0.3) is 11.6 Å². The Hall–Kier alpha value is -3.22. The first kappa shape index (κ1) is 20.1. The summed E-state index contributed by atoms with van der Waals surface area (Å²) in [6.45, 7) is 3.88. The molecule has 0 saturated carbocycles. The molecule has 1 N–H and O–H groups in total. The zero-order chi connectivity index (χ0) is 19.8. The maximum atomic E-state index is 12.4. The van der Waals surface area contributed by atoms with E-state index in [9.17, 15) is 19.7 Å². The summed E-state index contributed by atoms with van der Waals surface area (Å²) < 4.78 is 5.30. The van der Waals surface area contributed by atoms with Crippen LogP contribution in [0.15, 0.2) is 54.6 Å². The minimum absolute atomic E-state index is 0.0212. The van der Waals surface area contributed by atoms with Crippen LogP contribution in [0, 0.1) is 16.0 Å². The molecule has 142 valence electrons. The van der Waals surface area contributed by atoms with Gasteiger partial charge in [-0.05, 0) is 42.2 Å². The van der Waals surface area contributed by atoms with Crippen molar-refractivity contribution in [3.63, 3.8) is 0 Å². The van der Waals surface area contributed by atoms with Gasteiger partial charge in [-0.25, -0.2) is 4.79 Å². The van der Waals surface area contributed by atoms with Gasteiger partial charge in [-0.2, -0.15) is 0 Å². The lowest BCUT2D eigenvalue weighted by molar-refractivity contribution is -0.384. The number of benzene rings is 2. The maximum Gasteiger partial charge on any atom is 0.328 e. The van der Waals surface area contributed by atoms with Crippen LogP contribution < -0.4 is 5.32 Å². The molecule has 2 rings (SSSR count). The van der Waals surface area contributed by atoms with Gasteiger partial charge in [-0.15, -0.1) is 0 Å². The van der Waals surface area contributed by atoms with E-state index in [1.165, 1.54) is 24.3 Å². The molecule has 0 heterocycles. The molecule has 0 aliphatic rings. The Morgan fingerprint density at radius 2 is 1.70 bits per heavy atom. The Balaban J connectivity index is 1.99. The number of carbonyl (C=O) groups is 2. The van der Waals surface area contributed by atoms with Crippen LogP contribution in [0.25, 0.3) is 0 Å². The Kier molecular flexibility index (Phi) is 7.05. The monoisotopic (exact) mass is 370 g/mol. The summed E-state index contributed by atoms with van der Waals surface area (Å²) in [4.78, 5) is 35.0. The van der Waals surface area contributed by atoms with Crippen molar-refractivity contribution in [1.29, 1.82) is 0 Å². The second kappa shape index (κ2) is 9.47. The number of nitrogens with zero attached hydrogens (tertiary/aromatic N) is 1. The van der Waals surface area contributed by atoms with Crippen LogP contribution >= 0.6 is 0 Å². The van der Waals surface area contributed by atoms with Gasteiger partial charge in [-0.1, -0.05) is 32.0 Å². The number of nitro benzene ring substituents is 1. The van der Waals surface area contributed by atoms with E-state index in [0.717, 1.165) is 0 Å². The van der Waals surface area contributed by atoms with Gasteiger partial charge in [-0.3, -0.25) is 14.9 Å². The summed E-state index contributed by atoms with van der Waals surface area (Å²) in [7, 11) is 0. The fourth-order valence-corrected chi connectivity index (χ4v) is 2.49. The number of nitrogens with one attached hydrogen (secondary N) is 1. The summed E-state index contributed by atoms with van der Waals surface area (Å²) in [5.41, 5.74) is 1.07. The van der Waals surface area contributed by atoms with E-state index in [1.807, 2.05) is 13.8 Å². The third-order valence-electron chi connectivity index (χ3n) is 3.86. The molecule has 1 atom stereocenters. The molecule has 7 nitrogen and oxygen atoms in total. The Bertz CT molecular complexity index is 788. The zero-order valence-electron chi connectivity index (χ0n) is 15.3. The van der Waals surface area contributed by atoms with Crippen molar-refractivity contribution >= 4 is 17.6 Å². The maximum absolute atomic E-state index is 12.4. The van der Waals surface area contributed by atoms with E-state index in [0.29, 0.717) is 17.5 Å². The standard InChI is InChI=1S/C20H22N2O5/c1-14(2)12-18(21-19(23)16-6-4-3-5-7-16)20(24)27-13-15-8-10-17(11-9-15)22(25)26/h3-11,14,18H,12-13H2,1-2H3,(H,21,23)/t18-/m0/s1.